The van der Waals surface area contributed by atoms with E-state index in [0.717, 1.165) is 35.7 Å². The first kappa shape index (κ1) is 16.9. The molecule has 2 bridgehead atoms. The van der Waals surface area contributed by atoms with Gasteiger partial charge in [0, 0.05) is 22.4 Å². The number of methoxy groups -OCH3 is 1. The maximum absolute atomic E-state index is 12.7. The number of hydrogen-bond acceptors (Lipinski definition) is 6. The highest BCUT2D eigenvalue weighted by molar-refractivity contribution is 14.1. The number of esters is 1. The molecule has 1 unspecified atom stereocenters. The molecule has 7 heteroatoms. The molecular formula is C16H21IN2O4. The van der Waals surface area contributed by atoms with E-state index in [0.29, 0.717) is 12.6 Å². The third-order valence-electron chi connectivity index (χ3n) is 4.98. The number of carbonyl (C=O) groups excluding carboxylic acids is 1. The van der Waals surface area contributed by atoms with E-state index in [2.05, 4.69) is 32.6 Å². The third-order valence-corrected chi connectivity index (χ3v) is 6.37. The molecule has 2 aliphatic heterocycles. The van der Waals surface area contributed by atoms with Crippen molar-refractivity contribution in [3.05, 3.63) is 18.0 Å². The molecule has 0 amide bonds. The number of halogens is 1. The minimum Gasteiger partial charge on any atom is -0.467 e. The lowest BCUT2D eigenvalue weighted by Crippen LogP contribution is -2.57. The highest BCUT2D eigenvalue weighted by Crippen LogP contribution is 2.59. The van der Waals surface area contributed by atoms with Crippen LogP contribution in [0.3, 0.4) is 0 Å². The van der Waals surface area contributed by atoms with Crippen LogP contribution in [0.4, 0.5) is 0 Å². The standard InChI is InChI=1S/C16H21IN2O4/c1-3-22-13(20)16-6-4-15(10-17,5-7-16)23-12(16)11-8-18-14(21-2)19-9-11/h8-9,12H,3-7,10H2,1-2H3. The second-order valence-corrected chi connectivity index (χ2v) is 6.96. The molecule has 3 heterocycles. The van der Waals surface area contributed by atoms with Crippen molar-refractivity contribution in [3.8, 4) is 6.01 Å². The minimum atomic E-state index is -0.623. The van der Waals surface area contributed by atoms with E-state index in [1.54, 1.807) is 12.4 Å². The normalized spacial score (nSPS) is 32.6. The summed E-state index contributed by atoms with van der Waals surface area (Å²) in [7, 11) is 1.53. The van der Waals surface area contributed by atoms with Gasteiger partial charge in [-0.25, -0.2) is 9.97 Å². The van der Waals surface area contributed by atoms with Crippen LogP contribution in [-0.2, 0) is 14.3 Å². The van der Waals surface area contributed by atoms with E-state index in [-0.39, 0.29) is 17.7 Å². The van der Waals surface area contributed by atoms with Gasteiger partial charge >= 0.3 is 12.0 Å². The topological polar surface area (TPSA) is 70.5 Å². The summed E-state index contributed by atoms with van der Waals surface area (Å²) in [5.74, 6) is -0.164. The van der Waals surface area contributed by atoms with Crippen LogP contribution in [0.25, 0.3) is 0 Å². The second-order valence-electron chi connectivity index (χ2n) is 6.19. The second kappa shape index (κ2) is 6.51. The Kier molecular flexibility index (Phi) is 4.78. The zero-order valence-electron chi connectivity index (χ0n) is 13.4. The molecule has 126 valence electrons. The monoisotopic (exact) mass is 432 g/mol. The quantitative estimate of drug-likeness (QED) is 0.405. The molecule has 0 aromatic carbocycles. The molecule has 3 fully saturated rings. The maximum atomic E-state index is 12.7. The minimum absolute atomic E-state index is 0.153. The van der Waals surface area contributed by atoms with Crippen LogP contribution >= 0.6 is 22.6 Å². The van der Waals surface area contributed by atoms with E-state index in [9.17, 15) is 4.79 Å². The van der Waals surface area contributed by atoms with Gasteiger partial charge in [0.15, 0.2) is 0 Å². The molecule has 4 rings (SSSR count). The SMILES string of the molecule is CCOC(=O)C12CCC(CI)(CC1)OC2c1cnc(OC)nc1. The molecule has 6 nitrogen and oxygen atoms in total. The van der Waals surface area contributed by atoms with E-state index >= 15 is 0 Å². The number of aromatic nitrogens is 2. The lowest BCUT2D eigenvalue weighted by atomic mass is 9.61. The molecule has 1 aromatic heterocycles. The van der Waals surface area contributed by atoms with Crippen molar-refractivity contribution in [1.82, 2.24) is 9.97 Å². The Bertz CT molecular complexity index is 570. The summed E-state index contributed by atoms with van der Waals surface area (Å²) < 4.78 is 17.7. The molecular weight excluding hydrogens is 411 g/mol. The summed E-state index contributed by atoms with van der Waals surface area (Å²) in [6.45, 7) is 2.21. The fourth-order valence-corrected chi connectivity index (χ4v) is 4.54. The summed E-state index contributed by atoms with van der Waals surface area (Å²) in [4.78, 5) is 21.1. The predicted octanol–water partition coefficient (Wildman–Crippen LogP) is 2.85. The van der Waals surface area contributed by atoms with E-state index < -0.39 is 5.41 Å². The number of fused-ring (bicyclic) bond motifs is 3. The molecule has 0 spiro atoms. The average molecular weight is 432 g/mol. The van der Waals surface area contributed by atoms with Gasteiger partial charge in [0.25, 0.3) is 0 Å². The Morgan fingerprint density at radius 3 is 2.52 bits per heavy atom. The number of rotatable bonds is 5. The lowest BCUT2D eigenvalue weighted by Gasteiger charge is -2.55. The van der Waals surface area contributed by atoms with Gasteiger partial charge < -0.3 is 14.2 Å². The molecule has 1 aliphatic carbocycles. The number of carbonyl (C=O) groups is 1. The Labute approximate surface area is 149 Å². The van der Waals surface area contributed by atoms with Gasteiger partial charge in [0.2, 0.25) is 0 Å². The van der Waals surface area contributed by atoms with Crippen LogP contribution in [0, 0.1) is 5.41 Å². The molecule has 23 heavy (non-hydrogen) atoms. The van der Waals surface area contributed by atoms with Gasteiger partial charge in [-0.05, 0) is 32.6 Å². The number of alkyl halides is 1. The van der Waals surface area contributed by atoms with E-state index in [1.807, 2.05) is 6.92 Å². The molecule has 1 aromatic rings. The Balaban J connectivity index is 1.97. The van der Waals surface area contributed by atoms with Crippen molar-refractivity contribution in [2.75, 3.05) is 18.1 Å². The Hall–Kier alpha value is -0.960. The predicted molar refractivity (Wildman–Crippen MR) is 91.6 cm³/mol. The first-order chi connectivity index (χ1) is 11.1. The summed E-state index contributed by atoms with van der Waals surface area (Å²) in [6, 6.07) is 0.309. The van der Waals surface area contributed by atoms with Crippen molar-refractivity contribution in [2.24, 2.45) is 5.41 Å². The van der Waals surface area contributed by atoms with Crippen molar-refractivity contribution in [1.29, 1.82) is 0 Å². The molecule has 3 aliphatic rings. The Morgan fingerprint density at radius 2 is 2.00 bits per heavy atom. The van der Waals surface area contributed by atoms with Crippen molar-refractivity contribution in [3.63, 3.8) is 0 Å². The fraction of sp³-hybridized carbons (Fsp3) is 0.688. The number of nitrogens with zero attached hydrogens (tertiary/aromatic N) is 2. The lowest BCUT2D eigenvalue weighted by molar-refractivity contribution is -0.235. The summed E-state index contributed by atoms with van der Waals surface area (Å²) >= 11 is 2.37. The summed E-state index contributed by atoms with van der Waals surface area (Å²) in [5.41, 5.74) is 0.0356. The molecule has 0 N–H and O–H groups in total. The largest absolute Gasteiger partial charge is 0.467 e. The first-order valence-electron chi connectivity index (χ1n) is 7.86. The van der Waals surface area contributed by atoms with E-state index in [1.165, 1.54) is 7.11 Å². The van der Waals surface area contributed by atoms with Gasteiger partial charge in [0.1, 0.15) is 6.10 Å². The van der Waals surface area contributed by atoms with Gasteiger partial charge in [-0.15, -0.1) is 0 Å². The van der Waals surface area contributed by atoms with Crippen molar-refractivity contribution < 1.29 is 19.0 Å². The smallest absolute Gasteiger partial charge is 0.316 e. The third kappa shape index (κ3) is 2.82. The van der Waals surface area contributed by atoms with Crippen LogP contribution < -0.4 is 4.74 Å². The van der Waals surface area contributed by atoms with Crippen molar-refractivity contribution >= 4 is 28.6 Å². The number of hydrogen-bond donors (Lipinski definition) is 0. The van der Waals surface area contributed by atoms with Crippen molar-refractivity contribution in [2.45, 2.75) is 44.3 Å². The van der Waals surface area contributed by atoms with Crippen LogP contribution in [0.2, 0.25) is 0 Å². The molecule has 1 saturated carbocycles. The molecule has 2 saturated heterocycles. The van der Waals surface area contributed by atoms with Gasteiger partial charge in [-0.2, -0.15) is 0 Å². The molecule has 1 atom stereocenters. The number of ether oxygens (including phenoxy) is 3. The average Bonchev–Trinajstić information content (AvgIpc) is 2.63. The summed E-state index contributed by atoms with van der Waals surface area (Å²) in [6.07, 6.45) is 6.38. The summed E-state index contributed by atoms with van der Waals surface area (Å²) in [5, 5.41) is 0. The van der Waals surface area contributed by atoms with Crippen LogP contribution in [0.15, 0.2) is 12.4 Å². The van der Waals surface area contributed by atoms with Gasteiger partial charge in [-0.1, -0.05) is 22.6 Å². The first-order valence-corrected chi connectivity index (χ1v) is 9.39. The zero-order valence-corrected chi connectivity index (χ0v) is 15.5. The zero-order chi connectivity index (χ0) is 16.5. The molecule has 0 radical (unpaired) electrons. The van der Waals surface area contributed by atoms with Gasteiger partial charge in [0.05, 0.1) is 24.7 Å². The van der Waals surface area contributed by atoms with Crippen LogP contribution in [0.1, 0.15) is 44.3 Å². The van der Waals surface area contributed by atoms with Crippen LogP contribution in [0.5, 0.6) is 6.01 Å². The van der Waals surface area contributed by atoms with E-state index in [4.69, 9.17) is 14.2 Å². The van der Waals surface area contributed by atoms with Crippen LogP contribution in [-0.4, -0.2) is 39.7 Å². The maximum Gasteiger partial charge on any atom is 0.316 e. The van der Waals surface area contributed by atoms with Gasteiger partial charge in [-0.3, -0.25) is 4.79 Å². The Morgan fingerprint density at radius 1 is 1.35 bits per heavy atom. The fourth-order valence-electron chi connectivity index (χ4n) is 3.60. The highest BCUT2D eigenvalue weighted by Gasteiger charge is 2.60. The highest BCUT2D eigenvalue weighted by atomic mass is 127.